The second-order valence-electron chi connectivity index (χ2n) is 6.66. The van der Waals surface area contributed by atoms with Crippen molar-refractivity contribution in [2.24, 2.45) is 0 Å². The Bertz CT molecular complexity index is 1120. The van der Waals surface area contributed by atoms with Gasteiger partial charge in [-0.1, -0.05) is 59.3 Å². The van der Waals surface area contributed by atoms with E-state index in [9.17, 15) is 4.79 Å². The van der Waals surface area contributed by atoms with E-state index in [0.717, 1.165) is 33.1 Å². The van der Waals surface area contributed by atoms with Crippen molar-refractivity contribution in [1.82, 2.24) is 14.6 Å². The Balaban J connectivity index is 1.50. The third kappa shape index (κ3) is 4.07. The van der Waals surface area contributed by atoms with E-state index in [2.05, 4.69) is 46.6 Å². The van der Waals surface area contributed by atoms with Crippen LogP contribution < -0.4 is 5.32 Å². The smallest absolute Gasteiger partial charge is 0.234 e. The molecule has 0 unspecified atom stereocenters. The number of aryl methyl sites for hydroxylation is 2. The molecule has 0 fully saturated rings. The number of hydrogen-bond donors (Lipinski definition) is 1. The molecular formula is C22H20N4OS. The quantitative estimate of drug-likeness (QED) is 0.502. The van der Waals surface area contributed by atoms with E-state index in [1.165, 1.54) is 17.3 Å². The van der Waals surface area contributed by atoms with Gasteiger partial charge in [0.25, 0.3) is 0 Å². The zero-order chi connectivity index (χ0) is 19.5. The van der Waals surface area contributed by atoms with Crippen LogP contribution in [0.4, 0.5) is 5.69 Å². The number of carbonyl (C=O) groups excluding carboxylic acids is 1. The number of anilines is 1. The maximum absolute atomic E-state index is 12.3. The fraction of sp³-hybridized carbons (Fsp3) is 0.136. The Morgan fingerprint density at radius 2 is 1.71 bits per heavy atom. The molecular weight excluding hydrogens is 368 g/mol. The molecule has 0 radical (unpaired) electrons. The number of carbonyl (C=O) groups is 1. The molecule has 140 valence electrons. The van der Waals surface area contributed by atoms with Gasteiger partial charge in [0.15, 0.2) is 0 Å². The average molecular weight is 388 g/mol. The van der Waals surface area contributed by atoms with Crippen LogP contribution in [0.15, 0.2) is 72.0 Å². The summed E-state index contributed by atoms with van der Waals surface area (Å²) < 4.78 is 1.81. The molecule has 2 aromatic carbocycles. The van der Waals surface area contributed by atoms with Gasteiger partial charge in [-0.3, -0.25) is 4.79 Å². The van der Waals surface area contributed by atoms with E-state index in [1.807, 2.05) is 48.0 Å². The van der Waals surface area contributed by atoms with Gasteiger partial charge in [0.2, 0.25) is 5.91 Å². The predicted octanol–water partition coefficient (Wildman–Crippen LogP) is 4.74. The van der Waals surface area contributed by atoms with Crippen molar-refractivity contribution in [3.05, 3.63) is 78.1 Å². The summed E-state index contributed by atoms with van der Waals surface area (Å²) in [7, 11) is 0. The van der Waals surface area contributed by atoms with Crippen LogP contribution in [0.1, 0.15) is 11.1 Å². The Morgan fingerprint density at radius 1 is 1.04 bits per heavy atom. The zero-order valence-corrected chi connectivity index (χ0v) is 16.5. The van der Waals surface area contributed by atoms with E-state index in [4.69, 9.17) is 0 Å². The van der Waals surface area contributed by atoms with Crippen LogP contribution in [-0.2, 0) is 4.79 Å². The second-order valence-corrected chi connectivity index (χ2v) is 7.62. The molecule has 0 aliphatic rings. The van der Waals surface area contributed by atoms with Crippen LogP contribution in [0.2, 0.25) is 0 Å². The first kappa shape index (κ1) is 18.3. The van der Waals surface area contributed by atoms with E-state index in [-0.39, 0.29) is 11.7 Å². The van der Waals surface area contributed by atoms with Crippen LogP contribution in [-0.4, -0.2) is 26.3 Å². The van der Waals surface area contributed by atoms with Gasteiger partial charge in [-0.15, -0.1) is 0 Å². The number of nitrogens with zero attached hydrogens (tertiary/aromatic N) is 3. The molecule has 2 aromatic heterocycles. The number of nitrogens with one attached hydrogen (secondary N) is 1. The van der Waals surface area contributed by atoms with Gasteiger partial charge in [-0.2, -0.15) is 5.10 Å². The third-order valence-corrected chi connectivity index (χ3v) is 5.37. The number of hydrogen-bond acceptors (Lipinski definition) is 4. The summed E-state index contributed by atoms with van der Waals surface area (Å²) in [6.45, 7) is 4.08. The highest BCUT2D eigenvalue weighted by molar-refractivity contribution is 8.00. The van der Waals surface area contributed by atoms with Gasteiger partial charge < -0.3 is 5.32 Å². The minimum atomic E-state index is -0.0593. The van der Waals surface area contributed by atoms with Gasteiger partial charge in [0.05, 0.1) is 17.0 Å². The molecule has 0 saturated carbocycles. The predicted molar refractivity (Wildman–Crippen MR) is 114 cm³/mol. The second kappa shape index (κ2) is 7.86. The van der Waals surface area contributed by atoms with E-state index in [0.29, 0.717) is 0 Å². The molecule has 1 amide bonds. The SMILES string of the molecule is Cc1ccc(NC(=O)CSc2nccn3nc(-c4ccc(C)cc4)cc23)cc1. The van der Waals surface area contributed by atoms with Crippen LogP contribution in [0.3, 0.4) is 0 Å². The zero-order valence-electron chi connectivity index (χ0n) is 15.7. The molecule has 6 heteroatoms. The molecule has 0 bridgehead atoms. The Morgan fingerprint density at radius 3 is 2.43 bits per heavy atom. The summed E-state index contributed by atoms with van der Waals surface area (Å²) in [6, 6.07) is 18.0. The van der Waals surface area contributed by atoms with Crippen LogP contribution in [0, 0.1) is 13.8 Å². The largest absolute Gasteiger partial charge is 0.325 e. The topological polar surface area (TPSA) is 59.3 Å². The number of rotatable bonds is 5. The van der Waals surface area contributed by atoms with Gasteiger partial charge in [0.1, 0.15) is 5.03 Å². The molecule has 28 heavy (non-hydrogen) atoms. The van der Waals surface area contributed by atoms with Gasteiger partial charge >= 0.3 is 0 Å². The fourth-order valence-electron chi connectivity index (χ4n) is 2.84. The van der Waals surface area contributed by atoms with Crippen LogP contribution >= 0.6 is 11.8 Å². The normalized spacial score (nSPS) is 10.9. The van der Waals surface area contributed by atoms with E-state index < -0.39 is 0 Å². The molecule has 0 spiro atoms. The number of benzene rings is 2. The first-order valence-electron chi connectivity index (χ1n) is 8.99. The molecule has 4 aromatic rings. The minimum Gasteiger partial charge on any atom is -0.325 e. The number of aromatic nitrogens is 3. The van der Waals surface area contributed by atoms with Crippen LogP contribution in [0.5, 0.6) is 0 Å². The van der Waals surface area contributed by atoms with E-state index in [1.54, 1.807) is 6.20 Å². The average Bonchev–Trinajstić information content (AvgIpc) is 3.13. The summed E-state index contributed by atoms with van der Waals surface area (Å²) in [5.41, 5.74) is 6.01. The van der Waals surface area contributed by atoms with Crippen molar-refractivity contribution in [2.75, 3.05) is 11.1 Å². The van der Waals surface area contributed by atoms with Crippen molar-refractivity contribution in [3.63, 3.8) is 0 Å². The Labute approximate surface area is 167 Å². The summed E-state index contributed by atoms with van der Waals surface area (Å²) in [5, 5.41) is 8.34. The maximum Gasteiger partial charge on any atom is 0.234 e. The van der Waals surface area contributed by atoms with Crippen LogP contribution in [0.25, 0.3) is 16.8 Å². The molecule has 0 aliphatic heterocycles. The van der Waals surface area contributed by atoms with E-state index >= 15 is 0 Å². The lowest BCUT2D eigenvalue weighted by Crippen LogP contribution is -2.14. The lowest BCUT2D eigenvalue weighted by atomic mass is 10.1. The number of amides is 1. The molecule has 2 heterocycles. The fourth-order valence-corrected chi connectivity index (χ4v) is 3.62. The van der Waals surface area contributed by atoms with Gasteiger partial charge in [0, 0.05) is 23.6 Å². The summed E-state index contributed by atoms with van der Waals surface area (Å²) in [5.74, 6) is 0.224. The first-order valence-corrected chi connectivity index (χ1v) is 9.98. The van der Waals surface area contributed by atoms with Gasteiger partial charge in [-0.25, -0.2) is 9.50 Å². The molecule has 0 saturated heterocycles. The van der Waals surface area contributed by atoms with Crippen molar-refractivity contribution < 1.29 is 4.79 Å². The molecule has 0 aliphatic carbocycles. The summed E-state index contributed by atoms with van der Waals surface area (Å²) in [4.78, 5) is 16.7. The number of fused-ring (bicyclic) bond motifs is 1. The molecule has 5 nitrogen and oxygen atoms in total. The van der Waals surface area contributed by atoms with Crippen molar-refractivity contribution in [2.45, 2.75) is 18.9 Å². The molecule has 0 atom stereocenters. The lowest BCUT2D eigenvalue weighted by molar-refractivity contribution is -0.113. The maximum atomic E-state index is 12.3. The van der Waals surface area contributed by atoms with Crippen molar-refractivity contribution in [1.29, 1.82) is 0 Å². The lowest BCUT2D eigenvalue weighted by Gasteiger charge is -2.06. The monoisotopic (exact) mass is 388 g/mol. The first-order chi connectivity index (χ1) is 13.6. The minimum absolute atomic E-state index is 0.0593. The highest BCUT2D eigenvalue weighted by atomic mass is 32.2. The standard InChI is InChI=1S/C22H20N4OS/c1-15-3-7-17(8-4-15)19-13-20-22(23-11-12-26(20)25-19)28-14-21(27)24-18-9-5-16(2)6-10-18/h3-13H,14H2,1-2H3,(H,24,27). The van der Waals surface area contributed by atoms with Gasteiger partial charge in [-0.05, 0) is 32.0 Å². The van der Waals surface area contributed by atoms with Crippen molar-refractivity contribution >= 4 is 28.9 Å². The Hall–Kier alpha value is -3.12. The third-order valence-electron chi connectivity index (χ3n) is 4.38. The molecule has 1 N–H and O–H groups in total. The number of thioether (sulfide) groups is 1. The molecule has 4 rings (SSSR count). The summed E-state index contributed by atoms with van der Waals surface area (Å²) in [6.07, 6.45) is 3.53. The Kier molecular flexibility index (Phi) is 5.12. The van der Waals surface area contributed by atoms with Crippen molar-refractivity contribution in [3.8, 4) is 11.3 Å². The highest BCUT2D eigenvalue weighted by Gasteiger charge is 2.11. The summed E-state index contributed by atoms with van der Waals surface area (Å²) >= 11 is 1.41. The highest BCUT2D eigenvalue weighted by Crippen LogP contribution is 2.26.